The van der Waals surface area contributed by atoms with Crippen LogP contribution in [-0.4, -0.2) is 0 Å². The molecule has 15 heavy (non-hydrogen) atoms. The average molecular weight is 259 g/mol. The molecule has 0 fully saturated rings. The quantitative estimate of drug-likeness (QED) is 0.682. The molecule has 0 aliphatic heterocycles. The summed E-state index contributed by atoms with van der Waals surface area (Å²) < 4.78 is 0.885. The van der Waals surface area contributed by atoms with Crippen LogP contribution in [-0.2, 0) is 0 Å². The minimum atomic E-state index is 0.885. The SMILES string of the molecule is C=C(Br)/C=C/c1ccc2ccccc2c1. The van der Waals surface area contributed by atoms with E-state index in [-0.39, 0.29) is 0 Å². The van der Waals surface area contributed by atoms with E-state index in [1.54, 1.807) is 0 Å². The van der Waals surface area contributed by atoms with E-state index in [0.717, 1.165) is 4.48 Å². The van der Waals surface area contributed by atoms with Gasteiger partial charge in [0, 0.05) is 4.48 Å². The third-order valence-electron chi connectivity index (χ3n) is 2.23. The minimum Gasteiger partial charge on any atom is -0.0847 e. The number of benzene rings is 2. The summed E-state index contributed by atoms with van der Waals surface area (Å²) in [5, 5.41) is 2.53. The second-order valence-corrected chi connectivity index (χ2v) is 4.41. The number of halogens is 1. The van der Waals surface area contributed by atoms with Crippen molar-refractivity contribution < 1.29 is 0 Å². The first-order chi connectivity index (χ1) is 7.25. The van der Waals surface area contributed by atoms with Crippen LogP contribution in [0.1, 0.15) is 5.56 Å². The van der Waals surface area contributed by atoms with E-state index in [9.17, 15) is 0 Å². The molecule has 0 nitrogen and oxygen atoms in total. The molecule has 1 heteroatoms. The maximum Gasteiger partial charge on any atom is 0.0103 e. The summed E-state index contributed by atoms with van der Waals surface area (Å²) in [5.74, 6) is 0. The Morgan fingerprint density at radius 2 is 1.80 bits per heavy atom. The number of hydrogen-bond donors (Lipinski definition) is 0. The minimum absolute atomic E-state index is 0.885. The lowest BCUT2D eigenvalue weighted by molar-refractivity contribution is 1.70. The fraction of sp³-hybridized carbons (Fsp3) is 0. The van der Waals surface area contributed by atoms with Crippen molar-refractivity contribution in [1.29, 1.82) is 0 Å². The van der Waals surface area contributed by atoms with Crippen molar-refractivity contribution in [2.45, 2.75) is 0 Å². The van der Waals surface area contributed by atoms with Gasteiger partial charge in [-0.25, -0.2) is 0 Å². The van der Waals surface area contributed by atoms with Crippen molar-refractivity contribution in [3.63, 3.8) is 0 Å². The van der Waals surface area contributed by atoms with Gasteiger partial charge in [-0.05, 0) is 28.5 Å². The number of hydrogen-bond acceptors (Lipinski definition) is 0. The highest BCUT2D eigenvalue weighted by Gasteiger charge is 1.92. The fourth-order valence-corrected chi connectivity index (χ4v) is 1.63. The van der Waals surface area contributed by atoms with Crippen LogP contribution in [0, 0.1) is 0 Å². The molecule has 2 rings (SSSR count). The zero-order chi connectivity index (χ0) is 10.7. The van der Waals surface area contributed by atoms with Gasteiger partial charge in [0.25, 0.3) is 0 Å². The highest BCUT2D eigenvalue weighted by atomic mass is 79.9. The van der Waals surface area contributed by atoms with Crippen LogP contribution in [0.15, 0.2) is 59.6 Å². The van der Waals surface area contributed by atoms with Gasteiger partial charge in [-0.1, -0.05) is 65.0 Å². The second kappa shape index (κ2) is 4.45. The summed E-state index contributed by atoms with van der Waals surface area (Å²) in [6, 6.07) is 14.8. The van der Waals surface area contributed by atoms with Crippen molar-refractivity contribution in [1.82, 2.24) is 0 Å². The van der Waals surface area contributed by atoms with Crippen LogP contribution in [0.5, 0.6) is 0 Å². The van der Waals surface area contributed by atoms with E-state index >= 15 is 0 Å². The Morgan fingerprint density at radius 3 is 2.53 bits per heavy atom. The van der Waals surface area contributed by atoms with Crippen LogP contribution < -0.4 is 0 Å². The monoisotopic (exact) mass is 258 g/mol. The maximum atomic E-state index is 3.76. The molecule has 2 aromatic carbocycles. The van der Waals surface area contributed by atoms with Crippen molar-refractivity contribution in [3.8, 4) is 0 Å². The smallest absolute Gasteiger partial charge is 0.0103 e. The van der Waals surface area contributed by atoms with Crippen LogP contribution in [0.4, 0.5) is 0 Å². The molecule has 2 aromatic rings. The lowest BCUT2D eigenvalue weighted by Gasteiger charge is -1.98. The van der Waals surface area contributed by atoms with Crippen molar-refractivity contribution in [2.75, 3.05) is 0 Å². The van der Waals surface area contributed by atoms with Crippen molar-refractivity contribution >= 4 is 32.8 Å². The molecule has 0 saturated heterocycles. The molecule has 0 radical (unpaired) electrons. The van der Waals surface area contributed by atoms with Crippen LogP contribution in [0.3, 0.4) is 0 Å². The standard InChI is InChI=1S/C14H11Br/c1-11(15)6-7-12-8-9-13-4-2-3-5-14(13)10-12/h2-10H,1H2/b7-6+. The molecule has 0 spiro atoms. The largest absolute Gasteiger partial charge is 0.0847 e. The molecule has 74 valence electrons. The Balaban J connectivity index is 2.43. The van der Waals surface area contributed by atoms with Gasteiger partial charge in [-0.3, -0.25) is 0 Å². The lowest BCUT2D eigenvalue weighted by Crippen LogP contribution is -1.74. The Kier molecular flexibility index (Phi) is 3.02. The van der Waals surface area contributed by atoms with Gasteiger partial charge in [0.15, 0.2) is 0 Å². The molecule has 0 atom stereocenters. The molecule has 0 unspecified atom stereocenters. The molecule has 0 aliphatic carbocycles. The Morgan fingerprint density at radius 1 is 1.07 bits per heavy atom. The molecule has 0 amide bonds. The Hall–Kier alpha value is -1.34. The Labute approximate surface area is 98.1 Å². The van der Waals surface area contributed by atoms with Gasteiger partial charge >= 0.3 is 0 Å². The van der Waals surface area contributed by atoms with Crippen molar-refractivity contribution in [3.05, 3.63) is 65.2 Å². The predicted molar refractivity (Wildman–Crippen MR) is 71.0 cm³/mol. The van der Waals surface area contributed by atoms with Gasteiger partial charge < -0.3 is 0 Å². The maximum absolute atomic E-state index is 3.76. The van der Waals surface area contributed by atoms with Gasteiger partial charge in [0.1, 0.15) is 0 Å². The molecule has 0 saturated carbocycles. The normalized spacial score (nSPS) is 11.0. The molecule has 0 aromatic heterocycles. The van der Waals surface area contributed by atoms with Crippen molar-refractivity contribution in [2.24, 2.45) is 0 Å². The number of rotatable bonds is 2. The van der Waals surface area contributed by atoms with Gasteiger partial charge in [-0.15, -0.1) is 0 Å². The van der Waals surface area contributed by atoms with Gasteiger partial charge in [0.2, 0.25) is 0 Å². The zero-order valence-corrected chi connectivity index (χ0v) is 9.87. The third-order valence-corrected chi connectivity index (χ3v) is 2.49. The van der Waals surface area contributed by atoms with E-state index in [0.29, 0.717) is 0 Å². The van der Waals surface area contributed by atoms with Crippen LogP contribution >= 0.6 is 15.9 Å². The van der Waals surface area contributed by atoms with E-state index in [2.05, 4.69) is 65.0 Å². The van der Waals surface area contributed by atoms with E-state index in [1.165, 1.54) is 16.3 Å². The number of fused-ring (bicyclic) bond motifs is 1. The highest BCUT2D eigenvalue weighted by molar-refractivity contribution is 9.11. The molecule has 0 N–H and O–H groups in total. The predicted octanol–water partition coefficient (Wildman–Crippen LogP) is 4.76. The summed E-state index contributed by atoms with van der Waals surface area (Å²) in [6.07, 6.45) is 3.99. The lowest BCUT2D eigenvalue weighted by atomic mass is 10.1. The first kappa shape index (κ1) is 10.2. The van der Waals surface area contributed by atoms with Crippen LogP contribution in [0.2, 0.25) is 0 Å². The van der Waals surface area contributed by atoms with Gasteiger partial charge in [0.05, 0.1) is 0 Å². The summed E-state index contributed by atoms with van der Waals surface area (Å²) in [5.41, 5.74) is 1.19. The number of allylic oxidation sites excluding steroid dienone is 2. The summed E-state index contributed by atoms with van der Waals surface area (Å²) in [4.78, 5) is 0. The summed E-state index contributed by atoms with van der Waals surface area (Å²) >= 11 is 3.30. The summed E-state index contributed by atoms with van der Waals surface area (Å²) in [6.45, 7) is 3.76. The van der Waals surface area contributed by atoms with Gasteiger partial charge in [-0.2, -0.15) is 0 Å². The molecule has 0 heterocycles. The first-order valence-corrected chi connectivity index (χ1v) is 5.56. The highest BCUT2D eigenvalue weighted by Crippen LogP contribution is 2.17. The third kappa shape index (κ3) is 2.57. The van der Waals surface area contributed by atoms with E-state index in [4.69, 9.17) is 0 Å². The second-order valence-electron chi connectivity index (χ2n) is 3.39. The molecular weight excluding hydrogens is 248 g/mol. The molecule has 0 bridgehead atoms. The molecular formula is C14H11Br. The molecule has 0 aliphatic rings. The van der Waals surface area contributed by atoms with E-state index in [1.807, 2.05) is 12.2 Å². The average Bonchev–Trinajstić information content (AvgIpc) is 2.26. The Bertz CT molecular complexity index is 524. The fourth-order valence-electron chi connectivity index (χ4n) is 1.50. The summed E-state index contributed by atoms with van der Waals surface area (Å²) in [7, 11) is 0. The topological polar surface area (TPSA) is 0 Å². The van der Waals surface area contributed by atoms with E-state index < -0.39 is 0 Å². The first-order valence-electron chi connectivity index (χ1n) is 4.77. The zero-order valence-electron chi connectivity index (χ0n) is 8.28. The van der Waals surface area contributed by atoms with Crippen LogP contribution in [0.25, 0.3) is 16.8 Å².